The van der Waals surface area contributed by atoms with Crippen molar-refractivity contribution < 1.29 is 23.9 Å². The number of piperidine rings is 1. The van der Waals surface area contributed by atoms with Gasteiger partial charge in [-0.15, -0.1) is 0 Å². The topological polar surface area (TPSA) is 104 Å². The van der Waals surface area contributed by atoms with Crippen LogP contribution in [0.15, 0.2) is 48.5 Å². The number of hydrogen-bond donors (Lipinski definition) is 1. The van der Waals surface area contributed by atoms with Crippen LogP contribution in [-0.2, 0) is 27.4 Å². The number of benzene rings is 2. The van der Waals surface area contributed by atoms with Gasteiger partial charge in [0, 0.05) is 50.1 Å². The van der Waals surface area contributed by atoms with Gasteiger partial charge in [0.25, 0.3) is 5.91 Å². The molecule has 0 radical (unpaired) electrons. The summed E-state index contributed by atoms with van der Waals surface area (Å²) in [7, 11) is 0. The Labute approximate surface area is 238 Å². The molecule has 0 spiro atoms. The minimum absolute atomic E-state index is 0.0628. The highest BCUT2D eigenvalue weighted by Crippen LogP contribution is 2.31. The van der Waals surface area contributed by atoms with Crippen molar-refractivity contribution in [1.82, 2.24) is 20.1 Å². The number of ether oxygens (including phenoxy) is 2. The van der Waals surface area contributed by atoms with Gasteiger partial charge in [0.2, 0.25) is 11.8 Å². The molecule has 7 rings (SSSR count). The Hall–Kier alpha value is -4.02. The summed E-state index contributed by atoms with van der Waals surface area (Å²) in [6, 6.07) is 15.6. The van der Waals surface area contributed by atoms with Crippen LogP contribution >= 0.6 is 0 Å². The zero-order valence-corrected chi connectivity index (χ0v) is 22.9. The first-order valence-electron chi connectivity index (χ1n) is 14.4. The van der Waals surface area contributed by atoms with Crippen LogP contribution in [0.25, 0.3) is 10.9 Å². The summed E-state index contributed by atoms with van der Waals surface area (Å²) in [6.45, 7) is 5.34. The number of amides is 3. The van der Waals surface area contributed by atoms with Crippen molar-refractivity contribution in [2.24, 2.45) is 0 Å². The van der Waals surface area contributed by atoms with Crippen molar-refractivity contribution in [2.75, 3.05) is 37.9 Å². The van der Waals surface area contributed by atoms with Gasteiger partial charge >= 0.3 is 0 Å². The van der Waals surface area contributed by atoms with E-state index in [9.17, 15) is 14.4 Å². The smallest absolute Gasteiger partial charge is 0.255 e. The highest BCUT2D eigenvalue weighted by molar-refractivity contribution is 6.05. The molecule has 1 aromatic heterocycles. The molecule has 41 heavy (non-hydrogen) atoms. The predicted octanol–water partition coefficient (Wildman–Crippen LogP) is 2.83. The lowest BCUT2D eigenvalue weighted by Crippen LogP contribution is -2.52. The van der Waals surface area contributed by atoms with Crippen LogP contribution in [0.5, 0.6) is 5.75 Å². The van der Waals surface area contributed by atoms with Crippen molar-refractivity contribution in [2.45, 2.75) is 50.9 Å². The fraction of sp³-hybridized carbons (Fsp3) is 0.419. The average molecular weight is 556 g/mol. The summed E-state index contributed by atoms with van der Waals surface area (Å²) < 4.78 is 11.9. The minimum atomic E-state index is -0.613. The van der Waals surface area contributed by atoms with E-state index in [1.165, 1.54) is 5.56 Å². The van der Waals surface area contributed by atoms with Crippen LogP contribution in [0, 0.1) is 0 Å². The van der Waals surface area contributed by atoms with Gasteiger partial charge in [-0.3, -0.25) is 24.6 Å². The number of nitrogens with one attached hydrogen (secondary N) is 1. The minimum Gasteiger partial charge on any atom is -0.489 e. The van der Waals surface area contributed by atoms with Crippen LogP contribution in [-0.4, -0.2) is 77.6 Å². The number of carbonyl (C=O) groups is 3. The molecule has 4 aliphatic heterocycles. The number of hydrogen-bond acceptors (Lipinski definition) is 8. The SMILES string of the molecule is O=C1CCC(N2Cc3cc(O[C@H]4CCN(Cc5ccc6nc(N7CCCOC7)ccc6c5)C4)ccc3C2=O)C(=O)N1. The molecule has 3 aromatic rings. The molecule has 10 heteroatoms. The second kappa shape index (κ2) is 10.8. The van der Waals surface area contributed by atoms with Crippen molar-refractivity contribution in [3.63, 3.8) is 0 Å². The zero-order valence-electron chi connectivity index (χ0n) is 22.9. The summed E-state index contributed by atoms with van der Waals surface area (Å²) in [6.07, 6.45) is 2.61. The highest BCUT2D eigenvalue weighted by Gasteiger charge is 2.39. The fourth-order valence-electron chi connectivity index (χ4n) is 6.33. The van der Waals surface area contributed by atoms with E-state index in [0.717, 1.165) is 73.7 Å². The van der Waals surface area contributed by atoms with E-state index in [1.807, 2.05) is 12.1 Å². The van der Waals surface area contributed by atoms with Gasteiger partial charge in [0.15, 0.2) is 0 Å². The van der Waals surface area contributed by atoms with Crippen molar-refractivity contribution >= 4 is 34.4 Å². The average Bonchev–Trinajstić information content (AvgIpc) is 3.56. The number of nitrogens with zero attached hydrogens (tertiary/aromatic N) is 4. The molecule has 3 fully saturated rings. The fourth-order valence-corrected chi connectivity index (χ4v) is 6.33. The number of fused-ring (bicyclic) bond motifs is 2. The first-order valence-corrected chi connectivity index (χ1v) is 14.4. The summed E-state index contributed by atoms with van der Waals surface area (Å²) in [5, 5.41) is 3.48. The number of carbonyl (C=O) groups excluding carboxylic acids is 3. The number of likely N-dealkylation sites (tertiary alicyclic amines) is 1. The van der Waals surface area contributed by atoms with Gasteiger partial charge in [-0.25, -0.2) is 4.98 Å². The molecule has 0 bridgehead atoms. The summed E-state index contributed by atoms with van der Waals surface area (Å²) in [5.74, 6) is 0.844. The Balaban J connectivity index is 0.960. The maximum Gasteiger partial charge on any atom is 0.255 e. The molecule has 1 unspecified atom stereocenters. The van der Waals surface area contributed by atoms with Gasteiger partial charge in [0.05, 0.1) is 12.1 Å². The van der Waals surface area contributed by atoms with E-state index in [-0.39, 0.29) is 24.3 Å². The van der Waals surface area contributed by atoms with Gasteiger partial charge in [0.1, 0.15) is 30.4 Å². The van der Waals surface area contributed by atoms with E-state index in [2.05, 4.69) is 45.4 Å². The summed E-state index contributed by atoms with van der Waals surface area (Å²) >= 11 is 0. The highest BCUT2D eigenvalue weighted by atomic mass is 16.5. The molecule has 5 heterocycles. The third-order valence-electron chi connectivity index (χ3n) is 8.46. The first kappa shape index (κ1) is 25.9. The summed E-state index contributed by atoms with van der Waals surface area (Å²) in [5.41, 5.74) is 3.69. The molecule has 4 aliphatic rings. The van der Waals surface area contributed by atoms with E-state index < -0.39 is 11.9 Å². The number of anilines is 1. The van der Waals surface area contributed by atoms with Crippen molar-refractivity contribution in [3.05, 3.63) is 65.2 Å². The zero-order chi connectivity index (χ0) is 27.9. The number of imide groups is 1. The molecule has 2 atom stereocenters. The normalized spacial score (nSPS) is 23.3. The maximum absolute atomic E-state index is 13.0. The molecule has 0 aliphatic carbocycles. The second-order valence-electron chi connectivity index (χ2n) is 11.3. The quantitative estimate of drug-likeness (QED) is 0.463. The van der Waals surface area contributed by atoms with Crippen LogP contribution in [0.1, 0.15) is 47.2 Å². The molecule has 1 N–H and O–H groups in total. The van der Waals surface area contributed by atoms with E-state index >= 15 is 0 Å². The molecule has 212 valence electrons. The second-order valence-corrected chi connectivity index (χ2v) is 11.3. The monoisotopic (exact) mass is 555 g/mol. The lowest BCUT2D eigenvalue weighted by molar-refractivity contribution is -0.136. The third-order valence-corrected chi connectivity index (χ3v) is 8.46. The lowest BCUT2D eigenvalue weighted by Gasteiger charge is -2.29. The Morgan fingerprint density at radius 1 is 1.02 bits per heavy atom. The first-order chi connectivity index (χ1) is 20.0. The predicted molar refractivity (Wildman–Crippen MR) is 151 cm³/mol. The maximum atomic E-state index is 13.0. The Morgan fingerprint density at radius 3 is 2.80 bits per heavy atom. The van der Waals surface area contributed by atoms with Gasteiger partial charge < -0.3 is 19.3 Å². The number of rotatable bonds is 6. The van der Waals surface area contributed by atoms with E-state index in [0.29, 0.717) is 25.3 Å². The van der Waals surface area contributed by atoms with Crippen LogP contribution in [0.2, 0.25) is 0 Å². The Bertz CT molecular complexity index is 1520. The van der Waals surface area contributed by atoms with Gasteiger partial charge in [-0.1, -0.05) is 6.07 Å². The molecule has 0 saturated carbocycles. The number of pyridine rings is 1. The van der Waals surface area contributed by atoms with Crippen LogP contribution in [0.4, 0.5) is 5.82 Å². The standard InChI is InChI=1S/C31H33N5O5/c37-29-9-7-27(30(38)33-29)36-17-22-15-23(4-5-25(22)31(36)39)41-24-10-12-34(18-24)16-20-2-6-26-21(14-20)3-8-28(32-26)35-11-1-13-40-19-35/h2-6,8,14-15,24,27H,1,7,9-13,16-19H2,(H,33,37,38)/t24-,27?/m0/s1. The third kappa shape index (κ3) is 5.25. The summed E-state index contributed by atoms with van der Waals surface area (Å²) in [4.78, 5) is 47.8. The van der Waals surface area contributed by atoms with Crippen molar-refractivity contribution in [3.8, 4) is 5.75 Å². The Kier molecular flexibility index (Phi) is 6.80. The largest absolute Gasteiger partial charge is 0.489 e. The molecule has 2 aromatic carbocycles. The lowest BCUT2D eigenvalue weighted by atomic mass is 10.0. The molecule has 10 nitrogen and oxygen atoms in total. The molecule has 3 amide bonds. The van der Waals surface area contributed by atoms with Crippen LogP contribution < -0.4 is 15.0 Å². The van der Waals surface area contributed by atoms with Gasteiger partial charge in [-0.05, 0) is 72.9 Å². The van der Waals surface area contributed by atoms with E-state index in [4.69, 9.17) is 14.5 Å². The van der Waals surface area contributed by atoms with E-state index in [1.54, 1.807) is 11.0 Å². The molecular formula is C31H33N5O5. The number of aromatic nitrogens is 1. The Morgan fingerprint density at radius 2 is 1.95 bits per heavy atom. The van der Waals surface area contributed by atoms with Gasteiger partial charge in [-0.2, -0.15) is 0 Å². The van der Waals surface area contributed by atoms with Crippen LogP contribution in [0.3, 0.4) is 0 Å². The molecular weight excluding hydrogens is 522 g/mol. The molecule has 3 saturated heterocycles. The van der Waals surface area contributed by atoms with Crippen molar-refractivity contribution in [1.29, 1.82) is 0 Å².